The van der Waals surface area contributed by atoms with Crippen molar-refractivity contribution in [2.24, 2.45) is 0 Å². The standard InChI is InChI=1S/C22H30N6O2S2/c1-22(2,15-29)27-19-17-18(25-21(26-19)31-14-16-6-4-3-5-7-16)24-20(32-17)23-8-9-28-10-12-30-13-11-28/h3-7,29H,8-15H2,1-2H3,(H2,23,24,25,26,27). The lowest BCUT2D eigenvalue weighted by molar-refractivity contribution is 0.0398. The van der Waals surface area contributed by atoms with Gasteiger partial charge in [-0.05, 0) is 19.4 Å². The van der Waals surface area contributed by atoms with Crippen LogP contribution in [0.5, 0.6) is 0 Å². The van der Waals surface area contributed by atoms with E-state index in [1.165, 1.54) is 5.56 Å². The summed E-state index contributed by atoms with van der Waals surface area (Å²) >= 11 is 3.12. The highest BCUT2D eigenvalue weighted by Gasteiger charge is 2.21. The van der Waals surface area contributed by atoms with Crippen molar-refractivity contribution in [3.8, 4) is 0 Å². The van der Waals surface area contributed by atoms with Crippen LogP contribution in [0.4, 0.5) is 10.9 Å². The van der Waals surface area contributed by atoms with Crippen molar-refractivity contribution < 1.29 is 9.84 Å². The van der Waals surface area contributed by atoms with Gasteiger partial charge in [0, 0.05) is 31.9 Å². The molecule has 172 valence electrons. The van der Waals surface area contributed by atoms with Gasteiger partial charge in [0.15, 0.2) is 21.8 Å². The van der Waals surface area contributed by atoms with Gasteiger partial charge in [0.05, 0.1) is 25.4 Å². The van der Waals surface area contributed by atoms with Crippen molar-refractivity contribution >= 4 is 44.4 Å². The van der Waals surface area contributed by atoms with Crippen LogP contribution >= 0.6 is 23.1 Å². The SMILES string of the molecule is CC(C)(CO)Nc1nc(SCc2ccccc2)nc2nc(NCCN3CCOCC3)sc12. The van der Waals surface area contributed by atoms with Crippen LogP contribution in [-0.4, -0.2) is 76.5 Å². The number of aliphatic hydroxyl groups is 1. The summed E-state index contributed by atoms with van der Waals surface area (Å²) in [6.07, 6.45) is 0. The predicted octanol–water partition coefficient (Wildman–Crippen LogP) is 3.31. The van der Waals surface area contributed by atoms with Gasteiger partial charge in [-0.25, -0.2) is 9.97 Å². The van der Waals surface area contributed by atoms with E-state index in [2.05, 4.69) is 27.7 Å². The van der Waals surface area contributed by atoms with E-state index in [1.54, 1.807) is 23.1 Å². The Kier molecular flexibility index (Phi) is 7.80. The Morgan fingerprint density at radius 3 is 2.69 bits per heavy atom. The van der Waals surface area contributed by atoms with E-state index in [4.69, 9.17) is 19.7 Å². The lowest BCUT2D eigenvalue weighted by Crippen LogP contribution is -2.38. The van der Waals surface area contributed by atoms with E-state index >= 15 is 0 Å². The number of aliphatic hydroxyl groups excluding tert-OH is 1. The van der Waals surface area contributed by atoms with Gasteiger partial charge < -0.3 is 20.5 Å². The van der Waals surface area contributed by atoms with Gasteiger partial charge in [0.25, 0.3) is 0 Å². The fourth-order valence-corrected chi connectivity index (χ4v) is 4.93. The highest BCUT2D eigenvalue weighted by molar-refractivity contribution is 7.98. The summed E-state index contributed by atoms with van der Waals surface area (Å²) in [4.78, 5) is 16.6. The Morgan fingerprint density at radius 1 is 1.16 bits per heavy atom. The van der Waals surface area contributed by atoms with E-state index in [1.807, 2.05) is 32.0 Å². The van der Waals surface area contributed by atoms with Crippen LogP contribution in [0.15, 0.2) is 35.5 Å². The van der Waals surface area contributed by atoms with E-state index in [-0.39, 0.29) is 6.61 Å². The molecule has 0 radical (unpaired) electrons. The number of anilines is 2. The number of ether oxygens (including phenoxy) is 1. The summed E-state index contributed by atoms with van der Waals surface area (Å²) in [7, 11) is 0. The number of benzene rings is 1. The average molecular weight is 475 g/mol. The van der Waals surface area contributed by atoms with Crippen LogP contribution in [0, 0.1) is 0 Å². The molecule has 32 heavy (non-hydrogen) atoms. The maximum atomic E-state index is 9.74. The molecule has 10 heteroatoms. The smallest absolute Gasteiger partial charge is 0.191 e. The number of aromatic nitrogens is 3. The van der Waals surface area contributed by atoms with Crippen molar-refractivity contribution in [1.29, 1.82) is 0 Å². The molecular formula is C22H30N6O2S2. The van der Waals surface area contributed by atoms with E-state index < -0.39 is 5.54 Å². The first kappa shape index (κ1) is 23.2. The number of thiazole rings is 1. The molecular weight excluding hydrogens is 444 g/mol. The highest BCUT2D eigenvalue weighted by atomic mass is 32.2. The van der Waals surface area contributed by atoms with Gasteiger partial charge in [-0.15, -0.1) is 0 Å². The molecule has 0 bridgehead atoms. The van der Waals surface area contributed by atoms with Crippen LogP contribution in [-0.2, 0) is 10.5 Å². The van der Waals surface area contributed by atoms with Gasteiger partial charge in [-0.2, -0.15) is 4.98 Å². The van der Waals surface area contributed by atoms with Crippen molar-refractivity contribution in [3.63, 3.8) is 0 Å². The van der Waals surface area contributed by atoms with E-state index in [0.717, 1.165) is 55.0 Å². The van der Waals surface area contributed by atoms with Gasteiger partial charge in [-0.3, -0.25) is 4.90 Å². The first-order chi connectivity index (χ1) is 15.5. The van der Waals surface area contributed by atoms with Crippen LogP contribution in [0.1, 0.15) is 19.4 Å². The number of nitrogens with one attached hydrogen (secondary N) is 2. The second kappa shape index (κ2) is 10.8. The number of hydrogen-bond acceptors (Lipinski definition) is 10. The van der Waals surface area contributed by atoms with Crippen LogP contribution in [0.2, 0.25) is 0 Å². The maximum Gasteiger partial charge on any atom is 0.191 e. The number of morpholine rings is 1. The molecule has 1 aliphatic heterocycles. The molecule has 1 aromatic carbocycles. The second-order valence-electron chi connectivity index (χ2n) is 8.35. The third-order valence-electron chi connectivity index (χ3n) is 5.10. The van der Waals surface area contributed by atoms with E-state index in [0.29, 0.717) is 16.6 Å². The minimum absolute atomic E-state index is 0.00551. The maximum absolute atomic E-state index is 9.74. The Labute approximate surface area is 196 Å². The Morgan fingerprint density at radius 2 is 1.94 bits per heavy atom. The molecule has 0 unspecified atom stereocenters. The van der Waals surface area contributed by atoms with Crippen LogP contribution in [0.3, 0.4) is 0 Å². The first-order valence-corrected chi connectivity index (χ1v) is 12.6. The summed E-state index contributed by atoms with van der Waals surface area (Å²) in [6, 6.07) is 10.3. The van der Waals surface area contributed by atoms with Crippen LogP contribution < -0.4 is 10.6 Å². The topological polar surface area (TPSA) is 95.4 Å². The molecule has 3 N–H and O–H groups in total. The Bertz CT molecular complexity index is 1010. The fraction of sp³-hybridized carbons (Fsp3) is 0.500. The number of thioether (sulfide) groups is 1. The highest BCUT2D eigenvalue weighted by Crippen LogP contribution is 2.33. The molecule has 3 heterocycles. The lowest BCUT2D eigenvalue weighted by Gasteiger charge is -2.26. The van der Waals surface area contributed by atoms with Gasteiger partial charge in [0.1, 0.15) is 4.70 Å². The van der Waals surface area contributed by atoms with Crippen molar-refractivity contribution in [2.45, 2.75) is 30.3 Å². The largest absolute Gasteiger partial charge is 0.394 e. The third kappa shape index (κ3) is 6.29. The van der Waals surface area contributed by atoms with Crippen molar-refractivity contribution in [1.82, 2.24) is 19.9 Å². The summed E-state index contributed by atoms with van der Waals surface area (Å²) < 4.78 is 6.30. The van der Waals surface area contributed by atoms with Gasteiger partial charge >= 0.3 is 0 Å². The molecule has 3 aromatic rings. The fourth-order valence-electron chi connectivity index (χ4n) is 3.26. The molecule has 4 rings (SSSR count). The Balaban J connectivity index is 1.51. The normalized spacial score (nSPS) is 15.2. The second-order valence-corrected chi connectivity index (χ2v) is 10.3. The molecule has 1 aliphatic rings. The molecule has 0 atom stereocenters. The number of nitrogens with zero attached hydrogens (tertiary/aromatic N) is 4. The van der Waals surface area contributed by atoms with Crippen LogP contribution in [0.25, 0.3) is 10.3 Å². The molecule has 0 amide bonds. The predicted molar refractivity (Wildman–Crippen MR) is 132 cm³/mol. The molecule has 8 nitrogen and oxygen atoms in total. The average Bonchev–Trinajstić information content (AvgIpc) is 3.22. The van der Waals surface area contributed by atoms with E-state index in [9.17, 15) is 5.11 Å². The zero-order valence-electron chi connectivity index (χ0n) is 18.5. The zero-order chi connectivity index (χ0) is 22.4. The van der Waals surface area contributed by atoms with Crippen molar-refractivity contribution in [3.05, 3.63) is 35.9 Å². The van der Waals surface area contributed by atoms with Gasteiger partial charge in [0.2, 0.25) is 0 Å². The Hall–Kier alpha value is -1.98. The molecule has 0 spiro atoms. The third-order valence-corrected chi connectivity index (χ3v) is 7.03. The lowest BCUT2D eigenvalue weighted by atomic mass is 10.1. The summed E-state index contributed by atoms with van der Waals surface area (Å²) in [5.74, 6) is 1.49. The minimum Gasteiger partial charge on any atom is -0.394 e. The van der Waals surface area contributed by atoms with Gasteiger partial charge in [-0.1, -0.05) is 53.4 Å². The molecule has 1 saturated heterocycles. The molecule has 2 aromatic heterocycles. The number of hydrogen-bond donors (Lipinski definition) is 3. The first-order valence-electron chi connectivity index (χ1n) is 10.8. The molecule has 1 fully saturated rings. The molecule has 0 saturated carbocycles. The summed E-state index contributed by atoms with van der Waals surface area (Å²) in [5, 5.41) is 18.1. The zero-order valence-corrected chi connectivity index (χ0v) is 20.1. The monoisotopic (exact) mass is 474 g/mol. The quantitative estimate of drug-likeness (QED) is 0.302. The minimum atomic E-state index is -0.503. The summed E-state index contributed by atoms with van der Waals surface area (Å²) in [6.45, 7) is 9.19. The van der Waals surface area contributed by atoms with Crippen molar-refractivity contribution in [2.75, 3.05) is 56.6 Å². The summed E-state index contributed by atoms with van der Waals surface area (Å²) in [5.41, 5.74) is 1.39. The number of fused-ring (bicyclic) bond motifs is 1. The molecule has 0 aliphatic carbocycles. The number of rotatable bonds is 10.